The summed E-state index contributed by atoms with van der Waals surface area (Å²) < 4.78 is 11.0. The van der Waals surface area contributed by atoms with Gasteiger partial charge in [0.15, 0.2) is 6.29 Å². The number of primary amides is 1. The highest BCUT2D eigenvalue weighted by molar-refractivity contribution is 5.85. The molecular formula is C17H17NO3. The fourth-order valence-corrected chi connectivity index (χ4v) is 2.60. The van der Waals surface area contributed by atoms with E-state index >= 15 is 0 Å². The Hall–Kier alpha value is -2.17. The fourth-order valence-electron chi connectivity index (χ4n) is 2.60. The molecule has 1 heterocycles. The summed E-state index contributed by atoms with van der Waals surface area (Å²) in [5.41, 5.74) is 8.25. The van der Waals surface area contributed by atoms with Crippen molar-refractivity contribution in [2.75, 3.05) is 13.2 Å². The summed E-state index contributed by atoms with van der Waals surface area (Å²) in [6.07, 6.45) is -0.353. The molecule has 2 N–H and O–H groups in total. The maximum absolute atomic E-state index is 11.9. The van der Waals surface area contributed by atoms with Gasteiger partial charge in [0.2, 0.25) is 5.91 Å². The van der Waals surface area contributed by atoms with Crippen molar-refractivity contribution in [3.8, 4) is 0 Å². The van der Waals surface area contributed by atoms with Crippen molar-refractivity contribution in [1.29, 1.82) is 0 Å². The first-order chi connectivity index (χ1) is 10.3. The molecule has 1 saturated heterocycles. The van der Waals surface area contributed by atoms with Crippen molar-refractivity contribution in [3.63, 3.8) is 0 Å². The number of benzene rings is 2. The second-order valence-electron chi connectivity index (χ2n) is 4.99. The molecule has 2 aromatic carbocycles. The SMILES string of the molecule is NC(=O)[C@@H](c1ccccc1)c1cccc(C2OCCO2)c1. The fraction of sp³-hybridized carbons (Fsp3) is 0.235. The third-order valence-electron chi connectivity index (χ3n) is 3.56. The summed E-state index contributed by atoms with van der Waals surface area (Å²) >= 11 is 0. The van der Waals surface area contributed by atoms with E-state index < -0.39 is 5.92 Å². The van der Waals surface area contributed by atoms with E-state index in [1.54, 1.807) is 0 Å². The number of hydrogen-bond donors (Lipinski definition) is 1. The standard InChI is InChI=1S/C17H17NO3/c18-16(19)15(12-5-2-1-3-6-12)13-7-4-8-14(11-13)17-20-9-10-21-17/h1-8,11,15,17H,9-10H2,(H2,18,19)/t15-/m0/s1. The number of hydrogen-bond acceptors (Lipinski definition) is 3. The van der Waals surface area contributed by atoms with Gasteiger partial charge in [-0.2, -0.15) is 0 Å². The molecule has 4 heteroatoms. The zero-order valence-electron chi connectivity index (χ0n) is 11.6. The van der Waals surface area contributed by atoms with Crippen LogP contribution in [0.5, 0.6) is 0 Å². The zero-order valence-corrected chi connectivity index (χ0v) is 11.6. The lowest BCUT2D eigenvalue weighted by molar-refractivity contribution is -0.118. The number of amides is 1. The minimum absolute atomic E-state index is 0.353. The lowest BCUT2D eigenvalue weighted by Gasteiger charge is -2.17. The number of carbonyl (C=O) groups excluding carboxylic acids is 1. The maximum Gasteiger partial charge on any atom is 0.229 e. The minimum Gasteiger partial charge on any atom is -0.369 e. The van der Waals surface area contributed by atoms with Gasteiger partial charge in [0.25, 0.3) is 0 Å². The van der Waals surface area contributed by atoms with Crippen LogP contribution in [0.4, 0.5) is 0 Å². The van der Waals surface area contributed by atoms with Crippen LogP contribution >= 0.6 is 0 Å². The Morgan fingerprint density at radius 1 is 1.00 bits per heavy atom. The predicted molar refractivity (Wildman–Crippen MR) is 78.6 cm³/mol. The quantitative estimate of drug-likeness (QED) is 0.937. The second kappa shape index (κ2) is 6.08. The van der Waals surface area contributed by atoms with Crippen LogP contribution in [0.15, 0.2) is 54.6 Å². The lowest BCUT2D eigenvalue weighted by atomic mass is 9.90. The Labute approximate surface area is 123 Å². The molecule has 0 spiro atoms. The highest BCUT2D eigenvalue weighted by Gasteiger charge is 2.23. The molecule has 0 unspecified atom stereocenters. The van der Waals surface area contributed by atoms with Gasteiger partial charge in [-0.15, -0.1) is 0 Å². The molecule has 0 saturated carbocycles. The molecule has 1 amide bonds. The predicted octanol–water partition coefficient (Wildman–Crippen LogP) is 2.35. The average molecular weight is 283 g/mol. The van der Waals surface area contributed by atoms with Crippen molar-refractivity contribution in [2.45, 2.75) is 12.2 Å². The van der Waals surface area contributed by atoms with E-state index in [0.29, 0.717) is 13.2 Å². The summed E-state index contributed by atoms with van der Waals surface area (Å²) in [4.78, 5) is 11.9. The first-order valence-electron chi connectivity index (χ1n) is 6.93. The Bertz CT molecular complexity index is 621. The third-order valence-corrected chi connectivity index (χ3v) is 3.56. The van der Waals surface area contributed by atoms with Crippen molar-refractivity contribution in [1.82, 2.24) is 0 Å². The van der Waals surface area contributed by atoms with Crippen LogP contribution in [0.25, 0.3) is 0 Å². The van der Waals surface area contributed by atoms with E-state index in [1.807, 2.05) is 54.6 Å². The van der Waals surface area contributed by atoms with Gasteiger partial charge in [-0.3, -0.25) is 4.79 Å². The second-order valence-corrected chi connectivity index (χ2v) is 4.99. The van der Waals surface area contributed by atoms with Gasteiger partial charge in [-0.1, -0.05) is 48.5 Å². The monoisotopic (exact) mass is 283 g/mol. The molecule has 1 atom stereocenters. The Morgan fingerprint density at radius 2 is 1.67 bits per heavy atom. The summed E-state index contributed by atoms with van der Waals surface area (Å²) in [5, 5.41) is 0. The largest absolute Gasteiger partial charge is 0.369 e. The van der Waals surface area contributed by atoms with Gasteiger partial charge < -0.3 is 15.2 Å². The molecule has 1 fully saturated rings. The van der Waals surface area contributed by atoms with Gasteiger partial charge in [0.1, 0.15) is 0 Å². The maximum atomic E-state index is 11.9. The molecule has 0 bridgehead atoms. The lowest BCUT2D eigenvalue weighted by Crippen LogP contribution is -2.22. The average Bonchev–Trinajstić information content (AvgIpc) is 3.03. The highest BCUT2D eigenvalue weighted by Crippen LogP contribution is 2.29. The number of nitrogens with two attached hydrogens (primary N) is 1. The number of ether oxygens (including phenoxy) is 2. The van der Waals surface area contributed by atoms with Crippen molar-refractivity contribution in [2.24, 2.45) is 5.73 Å². The van der Waals surface area contributed by atoms with Crippen molar-refractivity contribution in [3.05, 3.63) is 71.3 Å². The number of carbonyl (C=O) groups is 1. The van der Waals surface area contributed by atoms with E-state index in [4.69, 9.17) is 15.2 Å². The van der Waals surface area contributed by atoms with Crippen LogP contribution in [0.1, 0.15) is 28.9 Å². The molecule has 0 radical (unpaired) electrons. The van der Waals surface area contributed by atoms with Gasteiger partial charge in [-0.05, 0) is 17.2 Å². The molecule has 4 nitrogen and oxygen atoms in total. The summed E-state index contributed by atoms with van der Waals surface area (Å²) in [7, 11) is 0. The van der Waals surface area contributed by atoms with E-state index in [2.05, 4.69) is 0 Å². The minimum atomic E-state index is -0.465. The van der Waals surface area contributed by atoms with Gasteiger partial charge >= 0.3 is 0 Å². The van der Waals surface area contributed by atoms with E-state index in [0.717, 1.165) is 16.7 Å². The van der Waals surface area contributed by atoms with Crippen molar-refractivity contribution >= 4 is 5.91 Å². The van der Waals surface area contributed by atoms with E-state index in [1.165, 1.54) is 0 Å². The summed E-state index contributed by atoms with van der Waals surface area (Å²) in [6, 6.07) is 17.2. The molecule has 3 rings (SSSR count). The molecule has 0 aromatic heterocycles. The van der Waals surface area contributed by atoms with Gasteiger partial charge in [0.05, 0.1) is 19.1 Å². The zero-order chi connectivity index (χ0) is 14.7. The highest BCUT2D eigenvalue weighted by atomic mass is 16.7. The molecule has 1 aliphatic heterocycles. The van der Waals surface area contributed by atoms with Crippen LogP contribution in [-0.4, -0.2) is 19.1 Å². The topological polar surface area (TPSA) is 61.6 Å². The van der Waals surface area contributed by atoms with Gasteiger partial charge in [-0.25, -0.2) is 0 Å². The molecule has 108 valence electrons. The summed E-state index contributed by atoms with van der Waals surface area (Å²) in [5.74, 6) is -0.834. The Kier molecular flexibility index (Phi) is 3.99. The van der Waals surface area contributed by atoms with Crippen LogP contribution in [0, 0.1) is 0 Å². The van der Waals surface area contributed by atoms with Crippen LogP contribution in [-0.2, 0) is 14.3 Å². The Morgan fingerprint density at radius 3 is 2.33 bits per heavy atom. The molecule has 21 heavy (non-hydrogen) atoms. The molecule has 1 aliphatic rings. The van der Waals surface area contributed by atoms with Crippen LogP contribution < -0.4 is 5.73 Å². The van der Waals surface area contributed by atoms with E-state index in [-0.39, 0.29) is 12.2 Å². The number of rotatable bonds is 4. The first kappa shape index (κ1) is 13.8. The third kappa shape index (κ3) is 2.96. The van der Waals surface area contributed by atoms with E-state index in [9.17, 15) is 4.79 Å². The Balaban J connectivity index is 1.96. The summed E-state index contributed by atoms with van der Waals surface area (Å²) in [6.45, 7) is 1.18. The van der Waals surface area contributed by atoms with Gasteiger partial charge in [0, 0.05) is 5.56 Å². The smallest absolute Gasteiger partial charge is 0.229 e. The molecular weight excluding hydrogens is 266 g/mol. The first-order valence-corrected chi connectivity index (χ1v) is 6.93. The normalized spacial score (nSPS) is 16.8. The molecule has 0 aliphatic carbocycles. The van der Waals surface area contributed by atoms with Crippen molar-refractivity contribution < 1.29 is 14.3 Å². The molecule has 2 aromatic rings. The van der Waals surface area contributed by atoms with Crippen LogP contribution in [0.3, 0.4) is 0 Å². The van der Waals surface area contributed by atoms with Crippen LogP contribution in [0.2, 0.25) is 0 Å².